The highest BCUT2D eigenvalue weighted by molar-refractivity contribution is 5.83. The van der Waals surface area contributed by atoms with E-state index in [2.05, 4.69) is 22.4 Å². The summed E-state index contributed by atoms with van der Waals surface area (Å²) in [6, 6.07) is 21.2. The molecule has 0 spiro atoms. The van der Waals surface area contributed by atoms with E-state index in [4.69, 9.17) is 9.97 Å². The first-order chi connectivity index (χ1) is 14.8. The molecule has 0 saturated carbocycles. The van der Waals surface area contributed by atoms with Crippen LogP contribution in [0, 0.1) is 22.7 Å². The smallest absolute Gasteiger partial charge is 0.130 e. The van der Waals surface area contributed by atoms with Crippen molar-refractivity contribution in [3.63, 3.8) is 0 Å². The van der Waals surface area contributed by atoms with Crippen molar-refractivity contribution in [3.05, 3.63) is 101 Å². The van der Waals surface area contributed by atoms with Crippen molar-refractivity contribution in [2.75, 3.05) is 0 Å². The van der Waals surface area contributed by atoms with Crippen molar-refractivity contribution in [2.24, 2.45) is 0 Å². The summed E-state index contributed by atoms with van der Waals surface area (Å²) in [5, 5.41) is 23.0. The van der Waals surface area contributed by atoms with Gasteiger partial charge in [-0.15, -0.1) is 0 Å². The number of rotatable bonds is 0. The molecule has 140 valence electrons. The minimum atomic E-state index is -0.611. The number of nitrogens with zero attached hydrogens (tertiary/aromatic N) is 5. The van der Waals surface area contributed by atoms with Crippen LogP contribution in [0.4, 0.5) is 0 Å². The highest BCUT2D eigenvalue weighted by Crippen LogP contribution is 2.28. The number of fused-ring (bicyclic) bond motifs is 10. The van der Waals surface area contributed by atoms with E-state index in [-0.39, 0.29) is 0 Å². The molecule has 1 unspecified atom stereocenters. The quantitative estimate of drug-likeness (QED) is 0.628. The summed E-state index contributed by atoms with van der Waals surface area (Å²) >= 11 is 0. The minimum Gasteiger partial charge on any atom is -0.353 e. The van der Waals surface area contributed by atoms with Gasteiger partial charge < -0.3 is 5.32 Å². The molecule has 1 N–H and O–H groups in total. The molecule has 0 saturated heterocycles. The predicted octanol–water partition coefficient (Wildman–Crippen LogP) is 3.94. The third-order valence-electron chi connectivity index (χ3n) is 4.98. The number of nitrogens with one attached hydrogen (secondary N) is 1. The second-order valence-corrected chi connectivity index (χ2v) is 6.83. The van der Waals surface area contributed by atoms with E-state index < -0.39 is 5.92 Å². The first-order valence-corrected chi connectivity index (χ1v) is 9.38. The molecule has 8 bridgehead atoms. The largest absolute Gasteiger partial charge is 0.353 e. The number of aromatic nitrogens is 3. The Kier molecular flexibility index (Phi) is 4.16. The summed E-state index contributed by atoms with van der Waals surface area (Å²) in [7, 11) is 0. The Morgan fingerprint density at radius 3 is 2.13 bits per heavy atom. The number of pyridine rings is 3. The van der Waals surface area contributed by atoms with Crippen molar-refractivity contribution in [1.82, 2.24) is 20.3 Å². The second kappa shape index (κ2) is 7.12. The van der Waals surface area contributed by atoms with Gasteiger partial charge in [0.25, 0.3) is 0 Å². The molecule has 5 rings (SSSR count). The maximum Gasteiger partial charge on any atom is 0.130 e. The number of hydrogen-bond acceptors (Lipinski definition) is 6. The average Bonchev–Trinajstić information content (AvgIpc) is 2.81. The van der Waals surface area contributed by atoms with Crippen LogP contribution in [0.15, 0.2) is 78.5 Å². The van der Waals surface area contributed by atoms with E-state index in [9.17, 15) is 10.5 Å². The molecule has 5 heterocycles. The predicted molar refractivity (Wildman–Crippen MR) is 112 cm³/mol. The fourth-order valence-corrected chi connectivity index (χ4v) is 3.54. The molecule has 0 aliphatic carbocycles. The van der Waals surface area contributed by atoms with Crippen LogP contribution in [0.3, 0.4) is 0 Å². The average molecular weight is 386 g/mol. The molecular weight excluding hydrogens is 372 g/mol. The van der Waals surface area contributed by atoms with Crippen LogP contribution in [0.25, 0.3) is 22.7 Å². The van der Waals surface area contributed by atoms with Crippen molar-refractivity contribution in [1.29, 1.82) is 10.5 Å². The molecule has 2 aliphatic rings. The first-order valence-electron chi connectivity index (χ1n) is 9.38. The zero-order valence-electron chi connectivity index (χ0n) is 15.7. The monoisotopic (exact) mass is 386 g/mol. The topological polar surface area (TPSA) is 98.3 Å². The van der Waals surface area contributed by atoms with Gasteiger partial charge in [-0.1, -0.05) is 24.3 Å². The summed E-state index contributed by atoms with van der Waals surface area (Å²) in [4.78, 5) is 14.1. The van der Waals surface area contributed by atoms with Gasteiger partial charge in [-0.25, -0.2) is 15.0 Å². The normalized spacial score (nSPS) is 18.9. The van der Waals surface area contributed by atoms with Gasteiger partial charge in [0.15, 0.2) is 0 Å². The van der Waals surface area contributed by atoms with Crippen molar-refractivity contribution in [3.8, 4) is 23.5 Å². The van der Waals surface area contributed by atoms with Crippen molar-refractivity contribution >= 4 is 11.3 Å². The van der Waals surface area contributed by atoms with Crippen molar-refractivity contribution < 1.29 is 0 Å². The van der Waals surface area contributed by atoms with E-state index >= 15 is 0 Å². The second-order valence-electron chi connectivity index (χ2n) is 6.83. The summed E-state index contributed by atoms with van der Waals surface area (Å²) in [5.74, 6) is -0.611. The fraction of sp³-hybridized carbons (Fsp3) is 0.0417. The Balaban J connectivity index is 1.82. The Morgan fingerprint density at radius 2 is 1.40 bits per heavy atom. The Morgan fingerprint density at radius 1 is 0.767 bits per heavy atom. The van der Waals surface area contributed by atoms with Gasteiger partial charge in [0.2, 0.25) is 0 Å². The van der Waals surface area contributed by atoms with Crippen LogP contribution in [0.1, 0.15) is 28.7 Å². The van der Waals surface area contributed by atoms with Crippen LogP contribution < -0.4 is 5.32 Å². The van der Waals surface area contributed by atoms with Crippen LogP contribution in [0.5, 0.6) is 0 Å². The van der Waals surface area contributed by atoms with E-state index in [1.54, 1.807) is 6.07 Å². The van der Waals surface area contributed by atoms with E-state index in [0.717, 1.165) is 5.70 Å². The zero-order chi connectivity index (χ0) is 20.5. The molecule has 30 heavy (non-hydrogen) atoms. The first kappa shape index (κ1) is 17.5. The lowest BCUT2D eigenvalue weighted by Crippen LogP contribution is -2.17. The third-order valence-corrected chi connectivity index (χ3v) is 4.98. The number of allylic oxidation sites excluding steroid dienone is 4. The van der Waals surface area contributed by atoms with Gasteiger partial charge in [-0.05, 0) is 48.6 Å². The Labute approximate surface area is 173 Å². The molecule has 6 heteroatoms. The van der Waals surface area contributed by atoms with Gasteiger partial charge in [-0.3, -0.25) is 0 Å². The summed E-state index contributed by atoms with van der Waals surface area (Å²) in [6.07, 6.45) is 5.60. The van der Waals surface area contributed by atoms with Crippen LogP contribution >= 0.6 is 0 Å². The van der Waals surface area contributed by atoms with Crippen LogP contribution in [0.2, 0.25) is 0 Å². The van der Waals surface area contributed by atoms with Crippen LogP contribution in [-0.2, 0) is 0 Å². The van der Waals surface area contributed by atoms with Gasteiger partial charge in [0.05, 0.1) is 51.6 Å². The lowest BCUT2D eigenvalue weighted by Gasteiger charge is -2.18. The van der Waals surface area contributed by atoms with Gasteiger partial charge in [0.1, 0.15) is 17.6 Å². The molecule has 0 fully saturated rings. The SMILES string of the molecule is N#C/C1=C2\C=CC=C(N2)c2cccc(n2)C(C#N)c2cccc(n2)-c2cccc1n2. The maximum atomic E-state index is 9.88. The number of hydrogen-bond donors (Lipinski definition) is 1. The highest BCUT2D eigenvalue weighted by Gasteiger charge is 2.21. The Bertz CT molecular complexity index is 1350. The number of dihydropyridines is 1. The maximum absolute atomic E-state index is 9.88. The number of nitriles is 2. The third kappa shape index (κ3) is 2.94. The van der Waals surface area contributed by atoms with Gasteiger partial charge in [-0.2, -0.15) is 10.5 Å². The van der Waals surface area contributed by atoms with E-state index in [1.165, 1.54) is 0 Å². The van der Waals surface area contributed by atoms with Gasteiger partial charge in [0, 0.05) is 0 Å². The highest BCUT2D eigenvalue weighted by atomic mass is 14.9. The molecule has 3 aromatic heterocycles. The lowest BCUT2D eigenvalue weighted by molar-refractivity contribution is 0.908. The molecule has 6 nitrogen and oxygen atoms in total. The van der Waals surface area contributed by atoms with Crippen molar-refractivity contribution in [2.45, 2.75) is 5.92 Å². The minimum absolute atomic E-state index is 0.429. The fourth-order valence-electron chi connectivity index (χ4n) is 3.54. The summed E-state index contributed by atoms with van der Waals surface area (Å²) < 4.78 is 0. The molecule has 1 atom stereocenters. The molecule has 0 radical (unpaired) electrons. The molecule has 0 aromatic carbocycles. The molecule has 2 aliphatic heterocycles. The Hall–Kier alpha value is -4.55. The zero-order valence-corrected chi connectivity index (χ0v) is 15.7. The van der Waals surface area contributed by atoms with E-state index in [1.807, 2.05) is 66.8 Å². The summed E-state index contributed by atoms with van der Waals surface area (Å²) in [6.45, 7) is 0. The molecule has 3 aromatic rings. The molecular formula is C24H14N6. The molecule has 0 amide bonds. The standard InChI is InChI=1S/C24H14N6/c25-13-15-17-5-1-9-21(27-17)22-10-2-7-19(28-22)16(14-26)20-8-4-12-24(30-20)23-11-3-6-18(15)29-23/h1-12,15,28H/b19-16-. The van der Waals surface area contributed by atoms with E-state index in [0.29, 0.717) is 45.4 Å². The lowest BCUT2D eigenvalue weighted by atomic mass is 10.00. The van der Waals surface area contributed by atoms with Crippen LogP contribution in [-0.4, -0.2) is 15.0 Å². The van der Waals surface area contributed by atoms with Gasteiger partial charge >= 0.3 is 0 Å². The summed E-state index contributed by atoms with van der Waals surface area (Å²) in [5.41, 5.74) is 5.53.